The van der Waals surface area contributed by atoms with E-state index < -0.39 is 0 Å². The third kappa shape index (κ3) is 4.10. The molecule has 1 aliphatic rings. The van der Waals surface area contributed by atoms with Crippen LogP contribution in [0.4, 0.5) is 0 Å². The molecule has 2 rings (SSSR count). The number of nitrogens with one attached hydrogen (secondary N) is 1. The summed E-state index contributed by atoms with van der Waals surface area (Å²) < 4.78 is 5.96. The first-order valence-electron chi connectivity index (χ1n) is 8.27. The second-order valence-electron chi connectivity index (χ2n) is 5.97. The molecule has 0 saturated heterocycles. The maximum atomic E-state index is 5.96. The van der Waals surface area contributed by atoms with Gasteiger partial charge in [0.15, 0.2) is 0 Å². The summed E-state index contributed by atoms with van der Waals surface area (Å²) >= 11 is 0. The minimum absolute atomic E-state index is 0.770. The largest absolute Gasteiger partial charge is 0.465 e. The molecule has 1 aliphatic carbocycles. The first-order chi connectivity index (χ1) is 9.74. The second kappa shape index (κ2) is 7.84. The summed E-state index contributed by atoms with van der Waals surface area (Å²) in [5.74, 6) is 2.20. The Bertz CT molecular complexity index is 394. The van der Waals surface area contributed by atoms with E-state index in [4.69, 9.17) is 4.42 Å². The van der Waals surface area contributed by atoms with Crippen LogP contribution in [0.25, 0.3) is 0 Å². The molecule has 3 heteroatoms. The molecule has 0 aliphatic heterocycles. The van der Waals surface area contributed by atoms with Crippen LogP contribution in [0.3, 0.4) is 0 Å². The number of hydrogen-bond acceptors (Lipinski definition) is 3. The lowest BCUT2D eigenvalue weighted by atomic mass is 10.2. The molecule has 1 aromatic rings. The Kier molecular flexibility index (Phi) is 6.11. The van der Waals surface area contributed by atoms with Crippen LogP contribution in [0.15, 0.2) is 10.5 Å². The van der Waals surface area contributed by atoms with Crippen molar-refractivity contribution in [3.05, 3.63) is 23.2 Å². The van der Waals surface area contributed by atoms with Gasteiger partial charge < -0.3 is 9.73 Å². The zero-order valence-corrected chi connectivity index (χ0v) is 13.4. The number of aryl methyl sites for hydroxylation is 1. The van der Waals surface area contributed by atoms with E-state index in [1.807, 2.05) is 0 Å². The standard InChI is InChI=1S/C17H30N2O/c1-4-10-18-12-15-11-17(20-14(15)3)13-19(5-2)16-8-6-7-9-16/h11,16,18H,4-10,12-13H2,1-3H3. The van der Waals surface area contributed by atoms with Crippen LogP contribution in [0.2, 0.25) is 0 Å². The molecule has 1 fully saturated rings. The number of furan rings is 1. The summed E-state index contributed by atoms with van der Waals surface area (Å²) in [6, 6.07) is 3.02. The summed E-state index contributed by atoms with van der Waals surface area (Å²) in [7, 11) is 0. The van der Waals surface area contributed by atoms with Crippen molar-refractivity contribution in [1.82, 2.24) is 10.2 Å². The molecule has 0 radical (unpaired) electrons. The molecular formula is C17H30N2O. The fraction of sp³-hybridized carbons (Fsp3) is 0.765. The normalized spacial score (nSPS) is 16.4. The van der Waals surface area contributed by atoms with Crippen molar-refractivity contribution < 1.29 is 4.42 Å². The Balaban J connectivity index is 1.92. The van der Waals surface area contributed by atoms with Crippen molar-refractivity contribution in [3.8, 4) is 0 Å². The Hall–Kier alpha value is -0.800. The minimum Gasteiger partial charge on any atom is -0.465 e. The Morgan fingerprint density at radius 2 is 2.05 bits per heavy atom. The molecule has 1 aromatic heterocycles. The zero-order chi connectivity index (χ0) is 14.4. The van der Waals surface area contributed by atoms with Crippen molar-refractivity contribution in [2.24, 2.45) is 0 Å². The number of nitrogens with zero attached hydrogens (tertiary/aromatic N) is 1. The maximum absolute atomic E-state index is 5.96. The van der Waals surface area contributed by atoms with Crippen LogP contribution in [0.1, 0.15) is 63.0 Å². The molecule has 20 heavy (non-hydrogen) atoms. The first-order valence-corrected chi connectivity index (χ1v) is 8.27. The monoisotopic (exact) mass is 278 g/mol. The van der Waals surface area contributed by atoms with Gasteiger partial charge in [-0.3, -0.25) is 4.90 Å². The highest BCUT2D eigenvalue weighted by molar-refractivity contribution is 5.20. The highest BCUT2D eigenvalue weighted by atomic mass is 16.3. The van der Waals surface area contributed by atoms with Crippen molar-refractivity contribution in [1.29, 1.82) is 0 Å². The van der Waals surface area contributed by atoms with E-state index in [1.165, 1.54) is 37.7 Å². The average molecular weight is 278 g/mol. The molecule has 0 unspecified atom stereocenters. The topological polar surface area (TPSA) is 28.4 Å². The third-order valence-electron chi connectivity index (χ3n) is 4.42. The van der Waals surface area contributed by atoms with E-state index in [-0.39, 0.29) is 0 Å². The van der Waals surface area contributed by atoms with E-state index in [2.05, 4.69) is 37.1 Å². The summed E-state index contributed by atoms with van der Waals surface area (Å²) in [5.41, 5.74) is 1.32. The molecular weight excluding hydrogens is 248 g/mol. The van der Waals surface area contributed by atoms with E-state index in [0.717, 1.165) is 43.7 Å². The fourth-order valence-electron chi connectivity index (χ4n) is 3.21. The lowest BCUT2D eigenvalue weighted by Crippen LogP contribution is -2.32. The smallest absolute Gasteiger partial charge is 0.118 e. The third-order valence-corrected chi connectivity index (χ3v) is 4.42. The van der Waals surface area contributed by atoms with E-state index in [0.29, 0.717) is 0 Å². The zero-order valence-electron chi connectivity index (χ0n) is 13.4. The van der Waals surface area contributed by atoms with Gasteiger partial charge in [0, 0.05) is 18.2 Å². The van der Waals surface area contributed by atoms with Crippen LogP contribution in [-0.4, -0.2) is 24.0 Å². The van der Waals surface area contributed by atoms with Crippen molar-refractivity contribution in [3.63, 3.8) is 0 Å². The molecule has 0 bridgehead atoms. The number of rotatable bonds is 8. The summed E-state index contributed by atoms with van der Waals surface area (Å²) in [6.07, 6.45) is 6.68. The molecule has 3 nitrogen and oxygen atoms in total. The van der Waals surface area contributed by atoms with Gasteiger partial charge in [0.05, 0.1) is 6.54 Å². The Morgan fingerprint density at radius 3 is 2.70 bits per heavy atom. The van der Waals surface area contributed by atoms with Gasteiger partial charge in [-0.2, -0.15) is 0 Å². The summed E-state index contributed by atoms with van der Waals surface area (Å²) in [6.45, 7) is 10.6. The predicted molar refractivity (Wildman–Crippen MR) is 83.8 cm³/mol. The first kappa shape index (κ1) is 15.6. The Labute approximate surface area is 123 Å². The molecule has 114 valence electrons. The van der Waals surface area contributed by atoms with Crippen LogP contribution in [0, 0.1) is 6.92 Å². The average Bonchev–Trinajstić information content (AvgIpc) is 3.07. The molecule has 1 N–H and O–H groups in total. The second-order valence-corrected chi connectivity index (χ2v) is 5.97. The van der Waals surface area contributed by atoms with Gasteiger partial charge in [0.1, 0.15) is 11.5 Å². The van der Waals surface area contributed by atoms with Gasteiger partial charge >= 0.3 is 0 Å². The SMILES string of the molecule is CCCNCc1cc(CN(CC)C2CCCC2)oc1C. The number of hydrogen-bond donors (Lipinski definition) is 1. The van der Waals surface area contributed by atoms with Crippen molar-refractivity contribution >= 4 is 0 Å². The van der Waals surface area contributed by atoms with Gasteiger partial charge in [-0.15, -0.1) is 0 Å². The molecule has 1 saturated carbocycles. The summed E-state index contributed by atoms with van der Waals surface area (Å²) in [5, 5.41) is 3.45. The maximum Gasteiger partial charge on any atom is 0.118 e. The molecule has 0 spiro atoms. The van der Waals surface area contributed by atoms with E-state index in [9.17, 15) is 0 Å². The van der Waals surface area contributed by atoms with Crippen LogP contribution >= 0.6 is 0 Å². The molecule has 1 heterocycles. The Morgan fingerprint density at radius 1 is 1.30 bits per heavy atom. The highest BCUT2D eigenvalue weighted by Crippen LogP contribution is 2.25. The predicted octanol–water partition coefficient (Wildman–Crippen LogP) is 3.85. The van der Waals surface area contributed by atoms with Gasteiger partial charge in [-0.1, -0.05) is 26.7 Å². The molecule has 0 amide bonds. The van der Waals surface area contributed by atoms with Crippen molar-refractivity contribution in [2.75, 3.05) is 13.1 Å². The van der Waals surface area contributed by atoms with Gasteiger partial charge in [0.2, 0.25) is 0 Å². The quantitative estimate of drug-likeness (QED) is 0.732. The van der Waals surface area contributed by atoms with Gasteiger partial charge in [0.25, 0.3) is 0 Å². The summed E-state index contributed by atoms with van der Waals surface area (Å²) in [4.78, 5) is 2.58. The lowest BCUT2D eigenvalue weighted by molar-refractivity contribution is 0.184. The van der Waals surface area contributed by atoms with E-state index in [1.54, 1.807) is 0 Å². The van der Waals surface area contributed by atoms with Crippen molar-refractivity contribution in [2.45, 2.75) is 72.0 Å². The van der Waals surface area contributed by atoms with Gasteiger partial charge in [-0.05, 0) is 45.3 Å². The van der Waals surface area contributed by atoms with Crippen LogP contribution in [-0.2, 0) is 13.1 Å². The fourth-order valence-corrected chi connectivity index (χ4v) is 3.21. The van der Waals surface area contributed by atoms with Crippen LogP contribution < -0.4 is 5.32 Å². The molecule has 0 aromatic carbocycles. The minimum atomic E-state index is 0.770. The van der Waals surface area contributed by atoms with E-state index >= 15 is 0 Å². The van der Waals surface area contributed by atoms with Gasteiger partial charge in [-0.25, -0.2) is 0 Å². The molecule has 0 atom stereocenters. The lowest BCUT2D eigenvalue weighted by Gasteiger charge is -2.26. The highest BCUT2D eigenvalue weighted by Gasteiger charge is 2.22. The van der Waals surface area contributed by atoms with Crippen LogP contribution in [0.5, 0.6) is 0 Å².